The number of nitrogens with zero attached hydrogens (tertiary/aromatic N) is 2. The van der Waals surface area contributed by atoms with Crippen molar-refractivity contribution in [2.75, 3.05) is 18.9 Å². The number of anilines is 1. The van der Waals surface area contributed by atoms with E-state index in [1.165, 1.54) is 4.88 Å². The summed E-state index contributed by atoms with van der Waals surface area (Å²) in [5, 5.41) is 10.4. The Morgan fingerprint density at radius 2 is 2.04 bits per heavy atom. The van der Waals surface area contributed by atoms with Gasteiger partial charge in [-0.05, 0) is 38.5 Å². The molecule has 0 fully saturated rings. The first kappa shape index (κ1) is 20.4. The highest BCUT2D eigenvalue weighted by molar-refractivity contribution is 9.10. The van der Waals surface area contributed by atoms with E-state index in [1.54, 1.807) is 18.4 Å². The van der Waals surface area contributed by atoms with Crippen molar-refractivity contribution in [3.63, 3.8) is 0 Å². The van der Waals surface area contributed by atoms with E-state index in [0.29, 0.717) is 25.5 Å². The quantitative estimate of drug-likeness (QED) is 0.477. The van der Waals surface area contributed by atoms with Gasteiger partial charge in [-0.2, -0.15) is 0 Å². The van der Waals surface area contributed by atoms with E-state index >= 15 is 0 Å². The molecule has 26 heavy (non-hydrogen) atoms. The molecule has 0 saturated carbocycles. The molecule has 0 atom stereocenters. The first-order valence-corrected chi connectivity index (χ1v) is 9.93. The molecule has 0 spiro atoms. The van der Waals surface area contributed by atoms with E-state index < -0.39 is 0 Å². The first-order chi connectivity index (χ1) is 12.4. The summed E-state index contributed by atoms with van der Waals surface area (Å²) in [5.74, 6) is 0.630. The maximum atomic E-state index is 12.1. The van der Waals surface area contributed by atoms with Crippen molar-refractivity contribution in [1.29, 1.82) is 0 Å². The summed E-state index contributed by atoms with van der Waals surface area (Å²) in [6, 6.07) is 5.82. The van der Waals surface area contributed by atoms with Crippen LogP contribution in [0.25, 0.3) is 0 Å². The van der Waals surface area contributed by atoms with Crippen molar-refractivity contribution in [3.05, 3.63) is 43.8 Å². The highest BCUT2D eigenvalue weighted by Gasteiger charge is 2.08. The lowest BCUT2D eigenvalue weighted by atomic mass is 10.2. The molecule has 0 saturated heterocycles. The lowest BCUT2D eigenvalue weighted by Gasteiger charge is -2.12. The lowest BCUT2D eigenvalue weighted by Crippen LogP contribution is -2.38. The van der Waals surface area contributed by atoms with Gasteiger partial charge < -0.3 is 16.0 Å². The minimum absolute atomic E-state index is 0.0388. The number of nitrogens with one attached hydrogen (secondary N) is 3. The summed E-state index contributed by atoms with van der Waals surface area (Å²) in [6.07, 6.45) is 0.353. The molecule has 6 nitrogen and oxygen atoms in total. The molecule has 0 aliphatic rings. The van der Waals surface area contributed by atoms with Gasteiger partial charge in [-0.3, -0.25) is 9.79 Å². The third-order valence-corrected chi connectivity index (χ3v) is 5.32. The highest BCUT2D eigenvalue weighted by Crippen LogP contribution is 2.20. The molecule has 140 valence electrons. The molecule has 0 radical (unpaired) electrons. The van der Waals surface area contributed by atoms with Crippen molar-refractivity contribution in [1.82, 2.24) is 15.6 Å². The minimum atomic E-state index is -0.0388. The Labute approximate surface area is 166 Å². The molecular formula is C18H24BrN5OS. The van der Waals surface area contributed by atoms with Crippen molar-refractivity contribution < 1.29 is 4.79 Å². The number of aliphatic imine (C=N–C) groups is 1. The number of aromatic nitrogens is 1. The molecule has 0 bridgehead atoms. The second-order valence-electron chi connectivity index (χ2n) is 5.85. The van der Waals surface area contributed by atoms with Crippen LogP contribution >= 0.6 is 27.3 Å². The second-order valence-corrected chi connectivity index (χ2v) is 8.05. The maximum Gasteiger partial charge on any atom is 0.226 e. The number of rotatable bonds is 6. The summed E-state index contributed by atoms with van der Waals surface area (Å²) < 4.78 is 0.940. The number of benzene rings is 1. The van der Waals surface area contributed by atoms with E-state index in [4.69, 9.17) is 0 Å². The average molecular weight is 438 g/mol. The van der Waals surface area contributed by atoms with Crippen LogP contribution in [-0.4, -0.2) is 30.4 Å². The minimum Gasteiger partial charge on any atom is -0.356 e. The van der Waals surface area contributed by atoms with Gasteiger partial charge in [0.15, 0.2) is 5.96 Å². The fourth-order valence-corrected chi connectivity index (χ4v) is 3.60. The van der Waals surface area contributed by atoms with Crippen molar-refractivity contribution in [3.8, 4) is 0 Å². The molecule has 2 rings (SSSR count). The number of hydrogen-bond acceptors (Lipinski definition) is 4. The SMILES string of the molecule is CN=C(NCCC(=O)Nc1cc(Br)ccc1C)NCc1sc(C)nc1C. The van der Waals surface area contributed by atoms with Gasteiger partial charge in [-0.1, -0.05) is 22.0 Å². The first-order valence-electron chi connectivity index (χ1n) is 8.32. The summed E-state index contributed by atoms with van der Waals surface area (Å²) in [4.78, 5) is 21.9. The molecule has 0 unspecified atom stereocenters. The number of hydrogen-bond donors (Lipinski definition) is 3. The van der Waals surface area contributed by atoms with Crippen LogP contribution < -0.4 is 16.0 Å². The third-order valence-electron chi connectivity index (χ3n) is 3.76. The largest absolute Gasteiger partial charge is 0.356 e. The highest BCUT2D eigenvalue weighted by atomic mass is 79.9. The standard InChI is InChI=1S/C18H24BrN5OS/c1-11-5-6-14(19)9-15(11)24-17(25)7-8-21-18(20-4)22-10-16-12(2)23-13(3)26-16/h5-6,9H,7-8,10H2,1-4H3,(H,24,25)(H2,20,21,22). The zero-order chi connectivity index (χ0) is 19.1. The summed E-state index contributed by atoms with van der Waals surface area (Å²) in [7, 11) is 1.71. The summed E-state index contributed by atoms with van der Waals surface area (Å²) >= 11 is 5.09. The molecule has 1 aromatic carbocycles. The van der Waals surface area contributed by atoms with Crippen molar-refractivity contribution in [2.45, 2.75) is 33.7 Å². The van der Waals surface area contributed by atoms with Crippen LogP contribution in [0.5, 0.6) is 0 Å². The maximum absolute atomic E-state index is 12.1. The van der Waals surface area contributed by atoms with E-state index in [9.17, 15) is 4.79 Å². The van der Waals surface area contributed by atoms with Crippen LogP contribution in [0.1, 0.15) is 27.6 Å². The van der Waals surface area contributed by atoms with Crippen LogP contribution in [0, 0.1) is 20.8 Å². The number of thiazole rings is 1. The normalized spacial score (nSPS) is 11.3. The van der Waals surface area contributed by atoms with Gasteiger partial charge in [0.2, 0.25) is 5.91 Å². The number of amides is 1. The zero-order valence-corrected chi connectivity index (χ0v) is 17.8. The van der Waals surface area contributed by atoms with Crippen LogP contribution in [0.3, 0.4) is 0 Å². The Morgan fingerprint density at radius 3 is 2.69 bits per heavy atom. The molecule has 2 aromatic rings. The zero-order valence-electron chi connectivity index (χ0n) is 15.4. The fourth-order valence-electron chi connectivity index (χ4n) is 2.36. The van der Waals surface area contributed by atoms with Crippen molar-refractivity contribution >= 4 is 44.8 Å². The Bertz CT molecular complexity index is 803. The molecule has 1 heterocycles. The lowest BCUT2D eigenvalue weighted by molar-refractivity contribution is -0.116. The van der Waals surface area contributed by atoms with Gasteiger partial charge >= 0.3 is 0 Å². The van der Waals surface area contributed by atoms with Gasteiger partial charge in [0.1, 0.15) is 0 Å². The predicted octanol–water partition coefficient (Wildman–Crippen LogP) is 3.52. The number of carbonyl (C=O) groups is 1. The van der Waals surface area contributed by atoms with Gasteiger partial charge in [-0.15, -0.1) is 11.3 Å². The number of guanidine groups is 1. The van der Waals surface area contributed by atoms with Crippen molar-refractivity contribution in [2.24, 2.45) is 4.99 Å². The number of carbonyl (C=O) groups excluding carboxylic acids is 1. The number of halogens is 1. The van der Waals surface area contributed by atoms with E-state index in [1.807, 2.05) is 39.0 Å². The van der Waals surface area contributed by atoms with Gasteiger partial charge in [0.25, 0.3) is 0 Å². The summed E-state index contributed by atoms with van der Waals surface area (Å²) in [5.41, 5.74) is 2.89. The second kappa shape index (κ2) is 9.68. The number of aryl methyl sites for hydroxylation is 3. The Hall–Kier alpha value is -1.93. The Morgan fingerprint density at radius 1 is 1.27 bits per heavy atom. The smallest absolute Gasteiger partial charge is 0.226 e. The molecule has 1 aromatic heterocycles. The van der Waals surface area contributed by atoms with Gasteiger partial charge in [-0.25, -0.2) is 4.98 Å². The van der Waals surface area contributed by atoms with E-state index in [-0.39, 0.29) is 5.91 Å². The fraction of sp³-hybridized carbons (Fsp3) is 0.389. The van der Waals surface area contributed by atoms with Crippen LogP contribution in [-0.2, 0) is 11.3 Å². The molecule has 0 aliphatic heterocycles. The molecule has 8 heteroatoms. The molecule has 1 amide bonds. The molecular weight excluding hydrogens is 414 g/mol. The van der Waals surface area contributed by atoms with Crippen LogP contribution in [0.15, 0.2) is 27.7 Å². The van der Waals surface area contributed by atoms with E-state index in [0.717, 1.165) is 26.4 Å². The third kappa shape index (κ3) is 6.10. The predicted molar refractivity (Wildman–Crippen MR) is 112 cm³/mol. The molecule has 3 N–H and O–H groups in total. The van der Waals surface area contributed by atoms with E-state index in [2.05, 4.69) is 41.9 Å². The van der Waals surface area contributed by atoms with Crippen LogP contribution in [0.4, 0.5) is 5.69 Å². The van der Waals surface area contributed by atoms with Gasteiger partial charge in [0, 0.05) is 35.1 Å². The van der Waals surface area contributed by atoms with Crippen LogP contribution in [0.2, 0.25) is 0 Å². The monoisotopic (exact) mass is 437 g/mol. The average Bonchev–Trinajstić information content (AvgIpc) is 2.91. The summed E-state index contributed by atoms with van der Waals surface area (Å²) in [6.45, 7) is 7.14. The molecule has 0 aliphatic carbocycles. The Balaban J connectivity index is 1.77. The topological polar surface area (TPSA) is 78.4 Å². The Kier molecular flexibility index (Phi) is 7.59. The van der Waals surface area contributed by atoms with Gasteiger partial charge in [0.05, 0.1) is 17.2 Å².